The second-order valence-corrected chi connectivity index (χ2v) is 6.31. The quantitative estimate of drug-likeness (QED) is 0.640. The number of nitrogens with zero attached hydrogens (tertiary/aromatic N) is 1. The van der Waals surface area contributed by atoms with E-state index in [9.17, 15) is 4.79 Å². The molecule has 0 bridgehead atoms. The van der Waals surface area contributed by atoms with Gasteiger partial charge in [-0.3, -0.25) is 0 Å². The summed E-state index contributed by atoms with van der Waals surface area (Å²) in [6, 6.07) is 0.389. The molecule has 1 aliphatic carbocycles. The number of amides is 1. The lowest BCUT2D eigenvalue weighted by Crippen LogP contribution is -2.62. The third-order valence-corrected chi connectivity index (χ3v) is 5.91. The molecule has 1 aliphatic heterocycles. The maximum atomic E-state index is 11.3. The van der Waals surface area contributed by atoms with E-state index >= 15 is 0 Å². The summed E-state index contributed by atoms with van der Waals surface area (Å²) in [6.07, 6.45) is 1.99. The maximum Gasteiger partial charge on any atom is 0.409 e. The molecule has 4 atom stereocenters. The Hall–Kier alpha value is 0.230. The van der Waals surface area contributed by atoms with Crippen LogP contribution < -0.4 is 0 Å². The van der Waals surface area contributed by atoms with Gasteiger partial charge in [-0.15, -0.1) is 0 Å². The van der Waals surface area contributed by atoms with Crippen molar-refractivity contribution in [3.8, 4) is 0 Å². The molecule has 1 saturated carbocycles. The SMILES string of the molecule is COC(=O)N1C[C@@H]2C[C@@H](Br)[C@@H](Br)C[C@H]21. The van der Waals surface area contributed by atoms with Crippen LogP contribution >= 0.6 is 31.9 Å². The topological polar surface area (TPSA) is 29.5 Å². The second-order valence-electron chi connectivity index (χ2n) is 3.95. The van der Waals surface area contributed by atoms with Crippen LogP contribution in [0.25, 0.3) is 0 Å². The molecule has 2 rings (SSSR count). The predicted molar refractivity (Wildman–Crippen MR) is 61.1 cm³/mol. The highest BCUT2D eigenvalue weighted by Crippen LogP contribution is 2.42. The van der Waals surface area contributed by atoms with Crippen LogP contribution in [0.3, 0.4) is 0 Å². The smallest absolute Gasteiger partial charge is 0.409 e. The first-order chi connectivity index (χ1) is 6.63. The molecule has 2 fully saturated rings. The van der Waals surface area contributed by atoms with Gasteiger partial charge in [-0.2, -0.15) is 0 Å². The standard InChI is InChI=1S/C9H13Br2NO2/c1-14-9(13)12-4-5-2-6(10)7(11)3-8(5)12/h5-8H,2-4H2,1H3/t5-,6+,7-,8+/m0/s1. The van der Waals surface area contributed by atoms with Gasteiger partial charge in [-0.25, -0.2) is 4.79 Å². The molecular formula is C9H13Br2NO2. The number of rotatable bonds is 0. The number of likely N-dealkylation sites (tertiary alicyclic amines) is 1. The van der Waals surface area contributed by atoms with Crippen LogP contribution in [-0.2, 0) is 4.74 Å². The predicted octanol–water partition coefficient (Wildman–Crippen LogP) is 2.37. The van der Waals surface area contributed by atoms with E-state index in [4.69, 9.17) is 4.74 Å². The van der Waals surface area contributed by atoms with Gasteiger partial charge in [0.1, 0.15) is 0 Å². The normalized spacial score (nSPS) is 41.2. The van der Waals surface area contributed by atoms with E-state index in [0.29, 0.717) is 21.6 Å². The minimum absolute atomic E-state index is 0.182. The molecule has 0 aromatic rings. The molecule has 1 saturated heterocycles. The van der Waals surface area contributed by atoms with Crippen molar-refractivity contribution in [1.29, 1.82) is 0 Å². The van der Waals surface area contributed by atoms with Crippen molar-refractivity contribution >= 4 is 38.0 Å². The number of methoxy groups -OCH3 is 1. The fourth-order valence-electron chi connectivity index (χ4n) is 2.32. The lowest BCUT2D eigenvalue weighted by molar-refractivity contribution is -0.00401. The first-order valence-corrected chi connectivity index (χ1v) is 6.59. The third-order valence-electron chi connectivity index (χ3n) is 3.17. The molecule has 80 valence electrons. The summed E-state index contributed by atoms with van der Waals surface area (Å²) in [7, 11) is 1.44. The Morgan fingerprint density at radius 2 is 2.00 bits per heavy atom. The number of carbonyl (C=O) groups excluding carboxylic acids is 1. The van der Waals surface area contributed by atoms with E-state index in [-0.39, 0.29) is 6.09 Å². The van der Waals surface area contributed by atoms with E-state index in [0.717, 1.165) is 19.4 Å². The molecule has 5 heteroatoms. The minimum Gasteiger partial charge on any atom is -0.453 e. The number of ether oxygens (including phenoxy) is 1. The summed E-state index contributed by atoms with van der Waals surface area (Å²) in [6.45, 7) is 0.860. The molecule has 14 heavy (non-hydrogen) atoms. The summed E-state index contributed by atoms with van der Waals surface area (Å²) in [5, 5.41) is 0. The zero-order valence-electron chi connectivity index (χ0n) is 7.95. The van der Waals surface area contributed by atoms with Crippen molar-refractivity contribution in [3.63, 3.8) is 0 Å². The number of carbonyl (C=O) groups is 1. The fourth-order valence-corrected chi connectivity index (χ4v) is 3.61. The highest BCUT2D eigenvalue weighted by Gasteiger charge is 2.47. The first-order valence-electron chi connectivity index (χ1n) is 4.76. The van der Waals surface area contributed by atoms with E-state index < -0.39 is 0 Å². The van der Waals surface area contributed by atoms with Crippen LogP contribution in [-0.4, -0.2) is 40.3 Å². The second kappa shape index (κ2) is 4.00. The lowest BCUT2D eigenvalue weighted by Gasteiger charge is -2.52. The fraction of sp³-hybridized carbons (Fsp3) is 0.889. The van der Waals surface area contributed by atoms with Gasteiger partial charge < -0.3 is 9.64 Å². The van der Waals surface area contributed by atoms with Crippen molar-refractivity contribution < 1.29 is 9.53 Å². The molecular weight excluding hydrogens is 314 g/mol. The van der Waals surface area contributed by atoms with Gasteiger partial charge >= 0.3 is 6.09 Å². The molecule has 1 amide bonds. The summed E-state index contributed by atoms with van der Waals surface area (Å²) >= 11 is 7.28. The van der Waals surface area contributed by atoms with Gasteiger partial charge in [0, 0.05) is 22.2 Å². The Balaban J connectivity index is 1.96. The van der Waals surface area contributed by atoms with Crippen molar-refractivity contribution in [3.05, 3.63) is 0 Å². The Bertz CT molecular complexity index is 249. The number of halogens is 2. The Morgan fingerprint density at radius 3 is 2.64 bits per heavy atom. The molecule has 2 aliphatic rings. The summed E-state index contributed by atoms with van der Waals surface area (Å²) in [4.78, 5) is 14.2. The highest BCUT2D eigenvalue weighted by molar-refractivity contribution is 9.12. The summed E-state index contributed by atoms with van der Waals surface area (Å²) in [5.74, 6) is 0.660. The van der Waals surface area contributed by atoms with Crippen LogP contribution in [0.1, 0.15) is 12.8 Å². The Morgan fingerprint density at radius 1 is 1.36 bits per heavy atom. The largest absolute Gasteiger partial charge is 0.453 e. The summed E-state index contributed by atoms with van der Waals surface area (Å²) < 4.78 is 4.73. The lowest BCUT2D eigenvalue weighted by atomic mass is 9.77. The molecule has 0 unspecified atom stereocenters. The van der Waals surface area contributed by atoms with Gasteiger partial charge in [0.2, 0.25) is 0 Å². The van der Waals surface area contributed by atoms with Gasteiger partial charge in [-0.05, 0) is 18.8 Å². The van der Waals surface area contributed by atoms with Crippen LogP contribution in [0.2, 0.25) is 0 Å². The number of hydrogen-bond donors (Lipinski definition) is 0. The number of fused-ring (bicyclic) bond motifs is 1. The number of alkyl halides is 2. The van der Waals surface area contributed by atoms with Crippen molar-refractivity contribution in [2.45, 2.75) is 28.5 Å². The van der Waals surface area contributed by atoms with E-state index in [1.807, 2.05) is 4.90 Å². The van der Waals surface area contributed by atoms with Gasteiger partial charge in [0.15, 0.2) is 0 Å². The molecule has 0 N–H and O–H groups in total. The van der Waals surface area contributed by atoms with Gasteiger partial charge in [0.05, 0.1) is 7.11 Å². The molecule has 1 heterocycles. The zero-order valence-corrected chi connectivity index (χ0v) is 11.1. The van der Waals surface area contributed by atoms with Crippen LogP contribution in [0.5, 0.6) is 0 Å². The first kappa shape index (κ1) is 10.7. The third kappa shape index (κ3) is 1.69. The average molecular weight is 327 g/mol. The molecule has 0 radical (unpaired) electrons. The summed E-state index contributed by atoms with van der Waals surface area (Å²) in [5.41, 5.74) is 0. The maximum absolute atomic E-state index is 11.3. The van der Waals surface area contributed by atoms with Crippen LogP contribution in [0.15, 0.2) is 0 Å². The van der Waals surface area contributed by atoms with Crippen molar-refractivity contribution in [2.24, 2.45) is 5.92 Å². The average Bonchev–Trinajstić information content (AvgIpc) is 2.16. The number of hydrogen-bond acceptors (Lipinski definition) is 2. The molecule has 3 nitrogen and oxygen atoms in total. The monoisotopic (exact) mass is 325 g/mol. The zero-order chi connectivity index (χ0) is 10.3. The Kier molecular flexibility index (Phi) is 3.07. The van der Waals surface area contributed by atoms with Crippen LogP contribution in [0.4, 0.5) is 4.79 Å². The van der Waals surface area contributed by atoms with E-state index in [1.54, 1.807) is 0 Å². The minimum atomic E-state index is -0.182. The van der Waals surface area contributed by atoms with E-state index in [2.05, 4.69) is 31.9 Å². The molecule has 0 aromatic carbocycles. The molecule has 0 aromatic heterocycles. The van der Waals surface area contributed by atoms with Gasteiger partial charge in [-0.1, -0.05) is 31.9 Å². The van der Waals surface area contributed by atoms with Crippen molar-refractivity contribution in [1.82, 2.24) is 4.90 Å². The van der Waals surface area contributed by atoms with E-state index in [1.165, 1.54) is 7.11 Å². The van der Waals surface area contributed by atoms with Crippen LogP contribution in [0, 0.1) is 5.92 Å². The molecule has 0 spiro atoms. The van der Waals surface area contributed by atoms with Crippen molar-refractivity contribution in [2.75, 3.05) is 13.7 Å². The Labute approximate surface area is 100 Å². The van der Waals surface area contributed by atoms with Gasteiger partial charge in [0.25, 0.3) is 0 Å². The highest BCUT2D eigenvalue weighted by atomic mass is 79.9.